The van der Waals surface area contributed by atoms with Crippen LogP contribution in [0.3, 0.4) is 0 Å². The minimum atomic E-state index is -4.56. The van der Waals surface area contributed by atoms with Crippen LogP contribution in [0.5, 0.6) is 0 Å². The van der Waals surface area contributed by atoms with E-state index >= 15 is 0 Å². The first-order valence-corrected chi connectivity index (χ1v) is 12.4. The molecule has 0 aromatic carbocycles. The summed E-state index contributed by atoms with van der Waals surface area (Å²) in [5, 5.41) is 10.6. The number of amides is 1. The monoisotopic (exact) mass is 519 g/mol. The van der Waals surface area contributed by atoms with E-state index in [2.05, 4.69) is 32.5 Å². The molecule has 0 atom stereocenters. The number of pyridine rings is 1. The van der Waals surface area contributed by atoms with Gasteiger partial charge in [0.25, 0.3) is 5.91 Å². The lowest BCUT2D eigenvalue weighted by molar-refractivity contribution is -0.137. The van der Waals surface area contributed by atoms with Gasteiger partial charge in [0.15, 0.2) is 0 Å². The largest absolute Gasteiger partial charge is 0.471 e. The molecule has 1 amide bonds. The van der Waals surface area contributed by atoms with Crippen molar-refractivity contribution in [2.45, 2.75) is 45.3 Å². The van der Waals surface area contributed by atoms with E-state index in [9.17, 15) is 18.0 Å². The van der Waals surface area contributed by atoms with Crippen molar-refractivity contribution in [1.82, 2.24) is 24.6 Å². The second kappa shape index (κ2) is 11.7. The molecule has 0 aliphatic carbocycles. The van der Waals surface area contributed by atoms with Crippen LogP contribution in [0, 0.1) is 6.92 Å². The molecule has 2 N–H and O–H groups in total. The van der Waals surface area contributed by atoms with E-state index in [1.807, 2.05) is 17.8 Å². The van der Waals surface area contributed by atoms with Gasteiger partial charge < -0.3 is 25.2 Å². The molecule has 2 aromatic heterocycles. The molecule has 0 bridgehead atoms. The van der Waals surface area contributed by atoms with Crippen molar-refractivity contribution in [3.05, 3.63) is 54.5 Å². The number of hydrogen-bond donors (Lipinski definition) is 2. The molecule has 37 heavy (non-hydrogen) atoms. The first-order chi connectivity index (χ1) is 17.7. The van der Waals surface area contributed by atoms with E-state index in [4.69, 9.17) is 4.74 Å². The van der Waals surface area contributed by atoms with Crippen molar-refractivity contribution < 1.29 is 22.7 Å². The van der Waals surface area contributed by atoms with Crippen molar-refractivity contribution in [3.63, 3.8) is 0 Å². The number of aromatic nitrogens is 3. The molecule has 1 fully saturated rings. The average molecular weight is 520 g/mol. The zero-order valence-electron chi connectivity index (χ0n) is 21.0. The number of anilines is 3. The van der Waals surface area contributed by atoms with Crippen LogP contribution in [-0.4, -0.2) is 63.2 Å². The van der Waals surface area contributed by atoms with Gasteiger partial charge >= 0.3 is 6.18 Å². The van der Waals surface area contributed by atoms with Crippen LogP contribution in [0.2, 0.25) is 0 Å². The van der Waals surface area contributed by atoms with Crippen molar-refractivity contribution in [1.29, 1.82) is 0 Å². The highest BCUT2D eigenvalue weighted by molar-refractivity contribution is 5.88. The van der Waals surface area contributed by atoms with Crippen molar-refractivity contribution in [3.8, 4) is 0 Å². The zero-order chi connectivity index (χ0) is 26.4. The molecule has 0 spiro atoms. The van der Waals surface area contributed by atoms with Gasteiger partial charge in [-0.2, -0.15) is 18.3 Å². The number of piperidine rings is 1. The van der Waals surface area contributed by atoms with Crippen molar-refractivity contribution >= 4 is 23.1 Å². The fraction of sp³-hybridized carbons (Fsp3) is 0.480. The van der Waals surface area contributed by atoms with Crippen molar-refractivity contribution in [2.75, 3.05) is 43.4 Å². The number of aryl methyl sites for hydroxylation is 1. The number of rotatable bonds is 9. The minimum absolute atomic E-state index is 0.0806. The predicted molar refractivity (Wildman–Crippen MR) is 134 cm³/mol. The Balaban J connectivity index is 1.42. The number of hydrogen-bond acceptors (Lipinski definition) is 7. The summed E-state index contributed by atoms with van der Waals surface area (Å²) in [5.41, 5.74) is 0.526. The smallest absolute Gasteiger partial charge is 0.419 e. The molecule has 200 valence electrons. The van der Waals surface area contributed by atoms with Crippen LogP contribution >= 0.6 is 0 Å². The van der Waals surface area contributed by atoms with Gasteiger partial charge in [-0.25, -0.2) is 4.98 Å². The lowest BCUT2D eigenvalue weighted by Crippen LogP contribution is -2.34. The molecule has 0 unspecified atom stereocenters. The molecule has 0 saturated carbocycles. The molecular formula is C25H32F3N7O2. The SMILES string of the molecule is CCN1CCC(n2cc(Nc3cc(NCCCN4C=COC=CC4=O)c(C(F)(F)F)cn3)c(C)n2)CC1. The number of nitrogens with zero attached hydrogens (tertiary/aromatic N) is 5. The fourth-order valence-corrected chi connectivity index (χ4v) is 4.40. The maximum absolute atomic E-state index is 13.6. The van der Waals surface area contributed by atoms with E-state index in [-0.39, 0.29) is 24.0 Å². The van der Waals surface area contributed by atoms with Gasteiger partial charge in [0.2, 0.25) is 0 Å². The summed E-state index contributed by atoms with van der Waals surface area (Å²) in [6.07, 6.45) is 6.02. The molecule has 2 aliphatic rings. The fourth-order valence-electron chi connectivity index (χ4n) is 4.40. The maximum atomic E-state index is 13.6. The second-order valence-electron chi connectivity index (χ2n) is 9.05. The van der Waals surface area contributed by atoms with Crippen LogP contribution in [0.15, 0.2) is 43.3 Å². The van der Waals surface area contributed by atoms with E-state index < -0.39 is 11.7 Å². The number of carbonyl (C=O) groups excluding carboxylic acids is 1. The standard InChI is InChI=1S/C25H32F3N7O2/c1-3-33-10-5-19(6-11-33)35-17-22(18(2)32-35)31-23-15-21(20(16-30-23)25(26,27)28)29-8-4-9-34-12-14-37-13-7-24(34)36/h7,12-17,19H,3-6,8-11H2,1-2H3,(H2,29,30,31). The Morgan fingerprint density at radius 3 is 2.70 bits per heavy atom. The molecule has 4 rings (SSSR count). The molecule has 0 radical (unpaired) electrons. The third-order valence-corrected chi connectivity index (χ3v) is 6.55. The molecule has 2 aliphatic heterocycles. The van der Waals surface area contributed by atoms with E-state index in [0.717, 1.165) is 44.4 Å². The number of halogens is 3. The molecular weight excluding hydrogens is 487 g/mol. The van der Waals surface area contributed by atoms with Gasteiger partial charge in [-0.15, -0.1) is 0 Å². The number of carbonyl (C=O) groups is 1. The van der Waals surface area contributed by atoms with Crippen LogP contribution in [0.25, 0.3) is 0 Å². The van der Waals surface area contributed by atoms with E-state index in [1.54, 1.807) is 0 Å². The van der Waals surface area contributed by atoms with Crippen LogP contribution in [0.1, 0.15) is 43.5 Å². The Labute approximate surface area is 214 Å². The normalized spacial score (nSPS) is 17.1. The lowest BCUT2D eigenvalue weighted by atomic mass is 10.1. The summed E-state index contributed by atoms with van der Waals surface area (Å²) in [6, 6.07) is 1.65. The van der Waals surface area contributed by atoms with Crippen LogP contribution in [-0.2, 0) is 15.7 Å². The van der Waals surface area contributed by atoms with E-state index in [0.29, 0.717) is 24.7 Å². The van der Waals surface area contributed by atoms with Gasteiger partial charge in [0.1, 0.15) is 12.1 Å². The van der Waals surface area contributed by atoms with Crippen molar-refractivity contribution in [2.24, 2.45) is 0 Å². The molecule has 1 saturated heterocycles. The summed E-state index contributed by atoms with van der Waals surface area (Å²) in [4.78, 5) is 19.8. The summed E-state index contributed by atoms with van der Waals surface area (Å²) in [5.74, 6) is 0.0267. The van der Waals surface area contributed by atoms with Gasteiger partial charge in [-0.3, -0.25) is 9.48 Å². The highest BCUT2D eigenvalue weighted by Gasteiger charge is 2.34. The summed E-state index contributed by atoms with van der Waals surface area (Å²) in [7, 11) is 0. The summed E-state index contributed by atoms with van der Waals surface area (Å²) < 4.78 is 47.8. The third-order valence-electron chi connectivity index (χ3n) is 6.55. The second-order valence-corrected chi connectivity index (χ2v) is 9.05. The Kier molecular flexibility index (Phi) is 8.37. The first-order valence-electron chi connectivity index (χ1n) is 12.4. The predicted octanol–water partition coefficient (Wildman–Crippen LogP) is 4.65. The number of likely N-dealkylation sites (tertiary alicyclic amines) is 1. The molecule has 4 heterocycles. The van der Waals surface area contributed by atoms with Gasteiger partial charge in [-0.1, -0.05) is 6.92 Å². The maximum Gasteiger partial charge on any atom is 0.419 e. The Morgan fingerprint density at radius 1 is 1.19 bits per heavy atom. The first kappa shape index (κ1) is 26.5. The highest BCUT2D eigenvalue weighted by Crippen LogP contribution is 2.36. The molecule has 2 aromatic rings. The summed E-state index contributed by atoms with van der Waals surface area (Å²) >= 11 is 0. The number of nitrogens with one attached hydrogen (secondary N) is 2. The Bertz CT molecular complexity index is 1140. The number of ether oxygens (including phenoxy) is 1. The molecule has 9 nitrogen and oxygen atoms in total. The van der Waals surface area contributed by atoms with Gasteiger partial charge in [0, 0.05) is 56.9 Å². The Hall–Kier alpha value is -3.54. The van der Waals surface area contributed by atoms with Crippen LogP contribution < -0.4 is 10.6 Å². The third kappa shape index (κ3) is 6.82. The quantitative estimate of drug-likeness (QED) is 0.467. The average Bonchev–Trinajstić information content (AvgIpc) is 3.10. The van der Waals surface area contributed by atoms with Gasteiger partial charge in [-0.05, 0) is 32.7 Å². The lowest BCUT2D eigenvalue weighted by Gasteiger charge is -2.31. The minimum Gasteiger partial charge on any atom is -0.471 e. The van der Waals surface area contributed by atoms with E-state index in [1.165, 1.54) is 35.8 Å². The number of alkyl halides is 3. The van der Waals surface area contributed by atoms with Gasteiger partial charge in [0.05, 0.1) is 34.9 Å². The topological polar surface area (TPSA) is 87.5 Å². The van der Waals surface area contributed by atoms with Crippen LogP contribution in [0.4, 0.5) is 30.4 Å². The molecule has 12 heteroatoms. The zero-order valence-corrected chi connectivity index (χ0v) is 21.0. The highest BCUT2D eigenvalue weighted by atomic mass is 19.4. The summed E-state index contributed by atoms with van der Waals surface area (Å²) in [6.45, 7) is 7.64. The Morgan fingerprint density at radius 2 is 1.97 bits per heavy atom.